The standard InChI is InChI=1S/C38H37N9O2/c1-23-11-13-27(14-12-23)47-33(21-32(45-47)38(3,4)5)43-37(48)42-30-15-16-31(29-10-8-7-9-28(29)30)49-34-17-18-39-36(44-34)41-26-19-24(2)35-25(20-26)22-40-46(35)6/h7-22H,1-6H3,(H,39,41,44)(H2,42,43,48). The van der Waals surface area contributed by atoms with Crippen molar-refractivity contribution in [3.8, 4) is 17.3 Å². The molecule has 0 saturated carbocycles. The summed E-state index contributed by atoms with van der Waals surface area (Å²) in [4.78, 5) is 22.5. The fraction of sp³-hybridized carbons (Fsp3) is 0.184. The van der Waals surface area contributed by atoms with E-state index in [0.717, 1.165) is 49.9 Å². The summed E-state index contributed by atoms with van der Waals surface area (Å²) in [6.07, 6.45) is 3.49. The van der Waals surface area contributed by atoms with Crippen LogP contribution in [0.2, 0.25) is 0 Å². The van der Waals surface area contributed by atoms with Crippen molar-refractivity contribution in [2.75, 3.05) is 16.0 Å². The molecule has 7 aromatic rings. The van der Waals surface area contributed by atoms with Crippen LogP contribution in [-0.4, -0.2) is 35.6 Å². The fourth-order valence-corrected chi connectivity index (χ4v) is 5.79. The third-order valence-corrected chi connectivity index (χ3v) is 8.25. The number of nitrogens with one attached hydrogen (secondary N) is 3. The molecule has 0 atom stereocenters. The highest BCUT2D eigenvalue weighted by Gasteiger charge is 2.22. The molecule has 0 spiro atoms. The number of hydrogen-bond acceptors (Lipinski definition) is 7. The molecule has 0 saturated heterocycles. The minimum absolute atomic E-state index is 0.206. The molecule has 0 aliphatic carbocycles. The fourth-order valence-electron chi connectivity index (χ4n) is 5.79. The smallest absolute Gasteiger partial charge is 0.324 e. The van der Waals surface area contributed by atoms with Crippen molar-refractivity contribution in [2.24, 2.45) is 7.05 Å². The Morgan fingerprint density at radius 2 is 1.65 bits per heavy atom. The highest BCUT2D eigenvalue weighted by Crippen LogP contribution is 2.35. The van der Waals surface area contributed by atoms with Gasteiger partial charge in [0.05, 0.1) is 28.8 Å². The summed E-state index contributed by atoms with van der Waals surface area (Å²) < 4.78 is 9.91. The molecule has 246 valence electrons. The van der Waals surface area contributed by atoms with Crippen molar-refractivity contribution in [2.45, 2.75) is 40.0 Å². The first-order valence-corrected chi connectivity index (χ1v) is 16.0. The van der Waals surface area contributed by atoms with Gasteiger partial charge in [0, 0.05) is 52.6 Å². The number of benzene rings is 4. The quantitative estimate of drug-likeness (QED) is 0.157. The largest absolute Gasteiger partial charge is 0.438 e. The van der Waals surface area contributed by atoms with Gasteiger partial charge in [-0.1, -0.05) is 62.7 Å². The van der Waals surface area contributed by atoms with Gasteiger partial charge in [-0.15, -0.1) is 0 Å². The summed E-state index contributed by atoms with van der Waals surface area (Å²) in [6.45, 7) is 10.4. The average Bonchev–Trinajstić information content (AvgIpc) is 3.66. The van der Waals surface area contributed by atoms with E-state index < -0.39 is 6.03 Å². The zero-order valence-corrected chi connectivity index (χ0v) is 28.2. The van der Waals surface area contributed by atoms with Gasteiger partial charge in [-0.2, -0.15) is 15.2 Å². The predicted octanol–water partition coefficient (Wildman–Crippen LogP) is 8.80. The van der Waals surface area contributed by atoms with Crippen molar-refractivity contribution in [1.29, 1.82) is 0 Å². The SMILES string of the molecule is Cc1ccc(-n2nc(C(C)(C)C)cc2NC(=O)Nc2ccc(Oc3ccnc(Nc4cc(C)c5c(cnn5C)c4)n3)c3ccccc23)cc1. The minimum atomic E-state index is -0.390. The Hall–Kier alpha value is -6.23. The summed E-state index contributed by atoms with van der Waals surface area (Å²) in [5, 5.41) is 21.2. The Labute approximate surface area is 284 Å². The van der Waals surface area contributed by atoms with E-state index in [1.165, 1.54) is 0 Å². The lowest BCUT2D eigenvalue weighted by atomic mass is 9.92. The van der Waals surface area contributed by atoms with E-state index in [9.17, 15) is 4.79 Å². The predicted molar refractivity (Wildman–Crippen MR) is 194 cm³/mol. The highest BCUT2D eigenvalue weighted by atomic mass is 16.5. The van der Waals surface area contributed by atoms with Crippen molar-refractivity contribution in [3.05, 3.63) is 114 Å². The third-order valence-electron chi connectivity index (χ3n) is 8.25. The van der Waals surface area contributed by atoms with Crippen LogP contribution in [0.3, 0.4) is 0 Å². The van der Waals surface area contributed by atoms with Crippen LogP contribution >= 0.6 is 0 Å². The van der Waals surface area contributed by atoms with Crippen LogP contribution in [0.4, 0.5) is 27.9 Å². The lowest BCUT2D eigenvalue weighted by Crippen LogP contribution is -2.21. The number of aryl methyl sites for hydroxylation is 3. The monoisotopic (exact) mass is 651 g/mol. The lowest BCUT2D eigenvalue weighted by Gasteiger charge is -2.14. The summed E-state index contributed by atoms with van der Waals surface area (Å²) in [5.41, 5.74) is 6.31. The number of carbonyl (C=O) groups is 1. The van der Waals surface area contributed by atoms with Crippen LogP contribution in [0, 0.1) is 13.8 Å². The minimum Gasteiger partial charge on any atom is -0.438 e. The first-order chi connectivity index (χ1) is 23.5. The number of urea groups is 1. The Morgan fingerprint density at radius 1 is 0.878 bits per heavy atom. The number of nitrogens with zero attached hydrogens (tertiary/aromatic N) is 6. The van der Waals surface area contributed by atoms with Gasteiger partial charge >= 0.3 is 6.03 Å². The van der Waals surface area contributed by atoms with E-state index in [1.807, 2.05) is 111 Å². The number of hydrogen-bond donors (Lipinski definition) is 3. The number of ether oxygens (including phenoxy) is 1. The average molecular weight is 652 g/mol. The molecule has 0 aliphatic rings. The van der Waals surface area contributed by atoms with Crippen molar-refractivity contribution in [3.63, 3.8) is 0 Å². The second-order valence-electron chi connectivity index (χ2n) is 13.1. The second-order valence-corrected chi connectivity index (χ2v) is 13.1. The second kappa shape index (κ2) is 12.4. The molecule has 0 fully saturated rings. The first kappa shape index (κ1) is 31.4. The van der Waals surface area contributed by atoms with Gasteiger partial charge in [-0.05, 0) is 55.8 Å². The topological polar surface area (TPSA) is 124 Å². The Bertz CT molecular complexity index is 2330. The van der Waals surface area contributed by atoms with E-state index in [1.54, 1.807) is 16.9 Å². The van der Waals surface area contributed by atoms with Crippen LogP contribution < -0.4 is 20.7 Å². The Morgan fingerprint density at radius 3 is 2.43 bits per heavy atom. The number of aromatic nitrogens is 6. The summed E-state index contributed by atoms with van der Waals surface area (Å²) >= 11 is 0. The molecule has 0 unspecified atom stereocenters. The molecule has 2 amide bonds. The molecule has 0 bridgehead atoms. The molecular formula is C38H37N9O2. The normalized spacial score (nSPS) is 11.6. The Kier molecular flexibility index (Phi) is 7.95. The van der Waals surface area contributed by atoms with Gasteiger partial charge in [0.25, 0.3) is 0 Å². The van der Waals surface area contributed by atoms with Gasteiger partial charge < -0.3 is 15.4 Å². The van der Waals surface area contributed by atoms with Gasteiger partial charge in [0.15, 0.2) is 0 Å². The zero-order valence-electron chi connectivity index (χ0n) is 28.2. The van der Waals surface area contributed by atoms with E-state index in [4.69, 9.17) is 9.84 Å². The number of carbonyl (C=O) groups excluding carboxylic acids is 1. The number of rotatable bonds is 7. The van der Waals surface area contributed by atoms with Crippen LogP contribution in [0.15, 0.2) is 97.3 Å². The van der Waals surface area contributed by atoms with Crippen LogP contribution in [0.5, 0.6) is 11.6 Å². The molecule has 11 heteroatoms. The highest BCUT2D eigenvalue weighted by molar-refractivity contribution is 6.07. The van der Waals surface area contributed by atoms with E-state index >= 15 is 0 Å². The summed E-state index contributed by atoms with van der Waals surface area (Å²) in [7, 11) is 1.93. The van der Waals surface area contributed by atoms with Gasteiger partial charge in [-0.25, -0.2) is 14.5 Å². The lowest BCUT2D eigenvalue weighted by molar-refractivity contribution is 0.262. The van der Waals surface area contributed by atoms with Gasteiger partial charge in [0.2, 0.25) is 11.8 Å². The van der Waals surface area contributed by atoms with E-state index in [0.29, 0.717) is 29.1 Å². The van der Waals surface area contributed by atoms with Crippen molar-refractivity contribution in [1.82, 2.24) is 29.5 Å². The maximum absolute atomic E-state index is 13.5. The third kappa shape index (κ3) is 6.51. The number of anilines is 4. The molecule has 3 heterocycles. The Balaban J connectivity index is 1.11. The molecule has 0 radical (unpaired) electrons. The van der Waals surface area contributed by atoms with Gasteiger partial charge in [-0.3, -0.25) is 10.00 Å². The maximum atomic E-state index is 13.5. The zero-order chi connectivity index (χ0) is 34.3. The van der Waals surface area contributed by atoms with Crippen LogP contribution in [0.25, 0.3) is 27.4 Å². The van der Waals surface area contributed by atoms with E-state index in [2.05, 4.69) is 51.8 Å². The molecule has 4 aromatic carbocycles. The van der Waals surface area contributed by atoms with Crippen molar-refractivity contribution >= 4 is 50.8 Å². The van der Waals surface area contributed by atoms with Gasteiger partial charge in [0.1, 0.15) is 11.6 Å². The van der Waals surface area contributed by atoms with Crippen LogP contribution in [-0.2, 0) is 12.5 Å². The van der Waals surface area contributed by atoms with Crippen LogP contribution in [0.1, 0.15) is 37.6 Å². The molecular weight excluding hydrogens is 614 g/mol. The summed E-state index contributed by atoms with van der Waals surface area (Å²) in [6, 6.07) is 26.7. The van der Waals surface area contributed by atoms with E-state index in [-0.39, 0.29) is 5.41 Å². The number of amides is 2. The molecule has 3 N–H and O–H groups in total. The molecule has 0 aliphatic heterocycles. The summed E-state index contributed by atoms with van der Waals surface area (Å²) in [5.74, 6) is 1.93. The molecule has 7 rings (SSSR count). The first-order valence-electron chi connectivity index (χ1n) is 16.0. The molecule has 11 nitrogen and oxygen atoms in total. The molecule has 49 heavy (non-hydrogen) atoms. The maximum Gasteiger partial charge on any atom is 0.324 e. The molecule has 3 aromatic heterocycles. The van der Waals surface area contributed by atoms with Crippen molar-refractivity contribution < 1.29 is 9.53 Å². The number of fused-ring (bicyclic) bond motifs is 2.